The maximum absolute atomic E-state index is 11.3. The maximum atomic E-state index is 11.3. The number of aliphatic hydroxyl groups is 1. The number of rotatable bonds is 3. The predicted octanol–water partition coefficient (Wildman–Crippen LogP) is 2.32. The summed E-state index contributed by atoms with van der Waals surface area (Å²) in [5.41, 5.74) is 6.04. The second-order valence-corrected chi connectivity index (χ2v) is 5.85. The molecule has 0 bridgehead atoms. The van der Waals surface area contributed by atoms with Crippen LogP contribution < -0.4 is 11.3 Å². The van der Waals surface area contributed by atoms with E-state index in [0.717, 1.165) is 14.9 Å². The molecule has 0 saturated heterocycles. The molecule has 19 heavy (non-hydrogen) atoms. The van der Waals surface area contributed by atoms with Crippen LogP contribution in [-0.4, -0.2) is 15.1 Å². The highest BCUT2D eigenvalue weighted by atomic mass is 79.9. The van der Waals surface area contributed by atoms with Crippen molar-refractivity contribution < 1.29 is 5.11 Å². The van der Waals surface area contributed by atoms with Gasteiger partial charge in [-0.2, -0.15) is 0 Å². The van der Waals surface area contributed by atoms with Gasteiger partial charge < -0.3 is 15.8 Å². The van der Waals surface area contributed by atoms with Gasteiger partial charge in [-0.1, -0.05) is 33.8 Å². The lowest BCUT2D eigenvalue weighted by molar-refractivity contribution is 0.198. The highest BCUT2D eigenvalue weighted by Gasteiger charge is 2.08. The van der Waals surface area contributed by atoms with E-state index >= 15 is 0 Å². The van der Waals surface area contributed by atoms with Gasteiger partial charge in [0, 0.05) is 15.4 Å². The summed E-state index contributed by atoms with van der Waals surface area (Å²) < 4.78 is 0.804. The average Bonchev–Trinajstić information content (AvgIpc) is 2.26. The quantitative estimate of drug-likeness (QED) is 0.745. The minimum atomic E-state index is -0.543. The Kier molecular flexibility index (Phi) is 4.28. The number of anilines is 1. The molecule has 7 heteroatoms. The topological polar surface area (TPSA) is 92.0 Å². The summed E-state index contributed by atoms with van der Waals surface area (Å²) >= 11 is 4.69. The lowest BCUT2D eigenvalue weighted by Crippen LogP contribution is -2.09. The molecule has 1 heterocycles. The Morgan fingerprint density at radius 1 is 1.47 bits per heavy atom. The van der Waals surface area contributed by atoms with E-state index in [1.165, 1.54) is 17.8 Å². The van der Waals surface area contributed by atoms with Crippen molar-refractivity contribution in [1.29, 1.82) is 0 Å². The lowest BCUT2D eigenvalue weighted by atomic mass is 10.1. The number of nitrogens with zero attached hydrogens (tertiary/aromatic N) is 1. The van der Waals surface area contributed by atoms with Crippen molar-refractivity contribution >= 4 is 33.5 Å². The highest BCUT2D eigenvalue weighted by molar-refractivity contribution is 9.10. The van der Waals surface area contributed by atoms with E-state index in [4.69, 9.17) is 5.73 Å². The van der Waals surface area contributed by atoms with Crippen LogP contribution in [0.25, 0.3) is 0 Å². The van der Waals surface area contributed by atoms with Crippen LogP contribution >= 0.6 is 27.7 Å². The molecule has 100 valence electrons. The van der Waals surface area contributed by atoms with Crippen LogP contribution in [0.5, 0.6) is 0 Å². The number of aromatic amines is 1. The highest BCUT2D eigenvalue weighted by Crippen LogP contribution is 2.31. The Morgan fingerprint density at radius 2 is 2.21 bits per heavy atom. The third-order valence-corrected chi connectivity index (χ3v) is 3.94. The van der Waals surface area contributed by atoms with E-state index in [2.05, 4.69) is 25.9 Å². The first-order valence-corrected chi connectivity index (χ1v) is 7.09. The predicted molar refractivity (Wildman–Crippen MR) is 78.2 cm³/mol. The number of benzene rings is 1. The number of H-pyrrole nitrogens is 1. The van der Waals surface area contributed by atoms with E-state index in [-0.39, 0.29) is 11.4 Å². The summed E-state index contributed by atoms with van der Waals surface area (Å²) in [6, 6.07) is 6.76. The van der Waals surface area contributed by atoms with E-state index in [1.807, 2.05) is 18.2 Å². The van der Waals surface area contributed by atoms with Crippen molar-refractivity contribution in [3.05, 3.63) is 44.7 Å². The van der Waals surface area contributed by atoms with Gasteiger partial charge in [-0.25, -0.2) is 4.98 Å². The number of nitrogens with two attached hydrogens (primary N) is 1. The smallest absolute Gasteiger partial charge is 0.253 e. The molecule has 0 aliphatic carbocycles. The molecule has 2 aromatic rings. The van der Waals surface area contributed by atoms with Crippen LogP contribution in [0.3, 0.4) is 0 Å². The molecule has 5 nitrogen and oxygen atoms in total. The van der Waals surface area contributed by atoms with Gasteiger partial charge in [0.25, 0.3) is 5.56 Å². The van der Waals surface area contributed by atoms with E-state index in [9.17, 15) is 9.90 Å². The lowest BCUT2D eigenvalue weighted by Gasteiger charge is -2.09. The summed E-state index contributed by atoms with van der Waals surface area (Å²) in [6.07, 6.45) is -0.543. The summed E-state index contributed by atoms with van der Waals surface area (Å²) in [5.74, 6) is 0.186. The van der Waals surface area contributed by atoms with Crippen LogP contribution in [0.2, 0.25) is 0 Å². The van der Waals surface area contributed by atoms with Crippen molar-refractivity contribution in [2.75, 3.05) is 5.73 Å². The minimum Gasteiger partial charge on any atom is -0.389 e. The van der Waals surface area contributed by atoms with Gasteiger partial charge >= 0.3 is 0 Å². The van der Waals surface area contributed by atoms with Gasteiger partial charge in [0.2, 0.25) is 0 Å². The number of nitrogen functional groups attached to an aromatic ring is 1. The average molecular weight is 342 g/mol. The van der Waals surface area contributed by atoms with Crippen molar-refractivity contribution in [2.24, 2.45) is 0 Å². The zero-order chi connectivity index (χ0) is 14.0. The molecule has 0 saturated carbocycles. The number of aromatic nitrogens is 2. The fourth-order valence-corrected chi connectivity index (χ4v) is 3.22. The standard InChI is InChI=1S/C12H12BrN3O2S/c1-6(17)8-3-2-7(4-9(8)13)19-12-15-10(14)5-11(18)16-12/h2-6,17H,1H3,(H3,14,15,16,18). The first-order chi connectivity index (χ1) is 8.95. The van der Waals surface area contributed by atoms with E-state index in [1.54, 1.807) is 6.92 Å². The number of hydrogen-bond donors (Lipinski definition) is 3. The van der Waals surface area contributed by atoms with Gasteiger partial charge in [-0.3, -0.25) is 4.79 Å². The molecule has 0 aliphatic rings. The molecular formula is C12H12BrN3O2S. The Hall–Kier alpha value is -1.31. The molecule has 0 amide bonds. The van der Waals surface area contributed by atoms with Crippen LogP contribution in [0, 0.1) is 0 Å². The van der Waals surface area contributed by atoms with Crippen LogP contribution in [0.15, 0.2) is 43.6 Å². The van der Waals surface area contributed by atoms with E-state index < -0.39 is 6.10 Å². The Labute approximate surface area is 122 Å². The van der Waals surface area contributed by atoms with Gasteiger partial charge in [-0.05, 0) is 24.6 Å². The molecule has 1 aromatic heterocycles. The van der Waals surface area contributed by atoms with Crippen molar-refractivity contribution in [3.63, 3.8) is 0 Å². The van der Waals surface area contributed by atoms with Crippen LogP contribution in [-0.2, 0) is 0 Å². The first kappa shape index (κ1) is 14.1. The zero-order valence-corrected chi connectivity index (χ0v) is 12.5. The first-order valence-electron chi connectivity index (χ1n) is 5.48. The number of hydrogen-bond acceptors (Lipinski definition) is 5. The number of aliphatic hydroxyl groups excluding tert-OH is 1. The maximum Gasteiger partial charge on any atom is 0.253 e. The molecule has 2 rings (SSSR count). The van der Waals surface area contributed by atoms with E-state index in [0.29, 0.717) is 5.16 Å². The Morgan fingerprint density at radius 3 is 2.79 bits per heavy atom. The largest absolute Gasteiger partial charge is 0.389 e. The van der Waals surface area contributed by atoms with Gasteiger partial charge in [-0.15, -0.1) is 0 Å². The third kappa shape index (κ3) is 3.59. The number of halogens is 1. The fraction of sp³-hybridized carbons (Fsp3) is 0.167. The summed E-state index contributed by atoms with van der Waals surface area (Å²) in [6.45, 7) is 1.70. The summed E-state index contributed by atoms with van der Waals surface area (Å²) in [7, 11) is 0. The van der Waals surface area contributed by atoms with Gasteiger partial charge in [0.05, 0.1) is 6.10 Å². The summed E-state index contributed by atoms with van der Waals surface area (Å²) in [4.78, 5) is 18.8. The molecular weight excluding hydrogens is 330 g/mol. The van der Waals surface area contributed by atoms with Crippen LogP contribution in [0.1, 0.15) is 18.6 Å². The van der Waals surface area contributed by atoms with Crippen molar-refractivity contribution in [1.82, 2.24) is 9.97 Å². The zero-order valence-electron chi connectivity index (χ0n) is 10.1. The second kappa shape index (κ2) is 5.77. The number of nitrogens with one attached hydrogen (secondary N) is 1. The Balaban J connectivity index is 2.29. The molecule has 4 N–H and O–H groups in total. The molecule has 0 spiro atoms. The fourth-order valence-electron chi connectivity index (χ4n) is 1.52. The van der Waals surface area contributed by atoms with Gasteiger partial charge in [0.15, 0.2) is 5.16 Å². The Bertz CT molecular complexity index is 658. The van der Waals surface area contributed by atoms with Crippen LogP contribution in [0.4, 0.5) is 5.82 Å². The third-order valence-electron chi connectivity index (χ3n) is 2.38. The molecule has 1 unspecified atom stereocenters. The molecule has 0 aliphatic heterocycles. The van der Waals surface area contributed by atoms with Crippen molar-refractivity contribution in [3.8, 4) is 0 Å². The molecule has 0 radical (unpaired) electrons. The van der Waals surface area contributed by atoms with Crippen molar-refractivity contribution in [2.45, 2.75) is 23.1 Å². The molecule has 1 aromatic carbocycles. The summed E-state index contributed by atoms with van der Waals surface area (Å²) in [5, 5.41) is 9.98. The molecule has 0 fully saturated rings. The second-order valence-electron chi connectivity index (χ2n) is 3.94. The normalized spacial score (nSPS) is 12.4. The minimum absolute atomic E-state index is 0.186. The SMILES string of the molecule is CC(O)c1ccc(Sc2nc(N)cc(=O)[nH]2)cc1Br. The van der Waals surface area contributed by atoms with Gasteiger partial charge in [0.1, 0.15) is 5.82 Å². The molecule has 1 atom stereocenters. The monoisotopic (exact) mass is 341 g/mol.